The highest BCUT2D eigenvalue weighted by molar-refractivity contribution is 6.06. The molecule has 2 N–H and O–H groups in total. The van der Waals surface area contributed by atoms with Gasteiger partial charge in [-0.05, 0) is 43.9 Å². The quantitative estimate of drug-likeness (QED) is 0.164. The molecule has 4 aromatic rings. The summed E-state index contributed by atoms with van der Waals surface area (Å²) >= 11 is 0. The van der Waals surface area contributed by atoms with Gasteiger partial charge in [-0.25, -0.2) is 4.98 Å². The normalized spacial score (nSPS) is 13.9. The second-order valence-electron chi connectivity index (χ2n) is 12.7. The fraction of sp³-hybridized carbons (Fsp3) is 0.486. The van der Waals surface area contributed by atoms with Gasteiger partial charge in [-0.2, -0.15) is 10.1 Å². The van der Waals surface area contributed by atoms with Crippen molar-refractivity contribution in [2.24, 2.45) is 0 Å². The molecule has 2 aliphatic rings. The van der Waals surface area contributed by atoms with Crippen molar-refractivity contribution in [3.63, 3.8) is 0 Å². The van der Waals surface area contributed by atoms with E-state index in [1.54, 1.807) is 14.2 Å². The number of aromatic nitrogens is 5. The van der Waals surface area contributed by atoms with Crippen LogP contribution in [0.4, 0.5) is 23.0 Å². The van der Waals surface area contributed by atoms with E-state index in [1.807, 2.05) is 57.7 Å². The molecule has 3 aromatic heterocycles. The maximum Gasteiger partial charge on any atom is 0.257 e. The smallest absolute Gasteiger partial charge is 0.257 e. The largest absolute Gasteiger partial charge is 0.494 e. The number of methoxy groups -OCH3 is 3. The number of nitrogens with zero attached hydrogens (tertiary/aromatic N) is 7. The molecule has 5 heterocycles. The third-order valence-electron chi connectivity index (χ3n) is 9.55. The summed E-state index contributed by atoms with van der Waals surface area (Å²) in [4.78, 5) is 39.6. The molecule has 1 fully saturated rings. The number of carbonyl (C=O) groups excluding carboxylic acids is 2. The number of rotatable bonds is 16. The van der Waals surface area contributed by atoms with Crippen LogP contribution in [0.5, 0.6) is 5.75 Å². The lowest BCUT2D eigenvalue weighted by atomic mass is 10.0. The summed E-state index contributed by atoms with van der Waals surface area (Å²) in [5.41, 5.74) is 6.84. The number of nitrogens with one attached hydrogen (secondary N) is 2. The summed E-state index contributed by atoms with van der Waals surface area (Å²) < 4.78 is 25.4. The number of amides is 2. The molecular formula is C37H49N9O6. The number of benzene rings is 1. The number of fused-ring (bicyclic) bond motifs is 3. The molecule has 0 atom stereocenters. The number of hydrogen-bond acceptors (Lipinski definition) is 11. The third kappa shape index (κ3) is 7.91. The molecule has 15 nitrogen and oxygen atoms in total. The van der Waals surface area contributed by atoms with Crippen LogP contribution in [0.3, 0.4) is 0 Å². The van der Waals surface area contributed by atoms with Crippen molar-refractivity contribution in [2.45, 2.75) is 46.1 Å². The first-order valence-electron chi connectivity index (χ1n) is 17.9. The number of piperazine rings is 1. The first-order valence-corrected chi connectivity index (χ1v) is 17.9. The van der Waals surface area contributed by atoms with Gasteiger partial charge < -0.3 is 43.9 Å². The lowest BCUT2D eigenvalue weighted by Gasteiger charge is -2.36. The van der Waals surface area contributed by atoms with Crippen molar-refractivity contribution in [1.29, 1.82) is 0 Å². The molecule has 0 bridgehead atoms. The summed E-state index contributed by atoms with van der Waals surface area (Å²) in [6.07, 6.45) is 6.55. The molecule has 278 valence electrons. The Labute approximate surface area is 304 Å². The molecule has 2 aliphatic heterocycles. The molecule has 2 amide bonds. The topological polar surface area (TPSA) is 150 Å². The highest BCUT2D eigenvalue weighted by Gasteiger charge is 2.27. The Kier molecular flexibility index (Phi) is 12.0. The summed E-state index contributed by atoms with van der Waals surface area (Å²) in [6, 6.07) is 7.82. The molecule has 0 saturated carbocycles. The Morgan fingerprint density at radius 2 is 1.77 bits per heavy atom. The SMILES string of the molecule is CCc1nn(CCOCCOC)c(CC)c1NC(=O)c1ccn2c1CCc1cnc(Nc3ccc(N4CCN(C(=O)COC)CC4)cc3OC)nc1-2. The number of anilines is 4. The zero-order valence-electron chi connectivity index (χ0n) is 30.7. The van der Waals surface area contributed by atoms with Crippen molar-refractivity contribution in [2.75, 3.05) is 89.5 Å². The van der Waals surface area contributed by atoms with E-state index in [0.717, 1.165) is 51.9 Å². The Balaban J connectivity index is 1.16. The van der Waals surface area contributed by atoms with Crippen LogP contribution in [0.25, 0.3) is 5.82 Å². The van der Waals surface area contributed by atoms with Gasteiger partial charge in [-0.3, -0.25) is 14.3 Å². The molecule has 1 aromatic carbocycles. The van der Waals surface area contributed by atoms with Crippen LogP contribution >= 0.6 is 0 Å². The molecule has 1 saturated heterocycles. The summed E-state index contributed by atoms with van der Waals surface area (Å²) in [7, 11) is 4.82. The average Bonchev–Trinajstić information content (AvgIpc) is 3.76. The minimum Gasteiger partial charge on any atom is -0.494 e. The van der Waals surface area contributed by atoms with Crippen LogP contribution in [0.2, 0.25) is 0 Å². The van der Waals surface area contributed by atoms with E-state index in [9.17, 15) is 9.59 Å². The molecule has 52 heavy (non-hydrogen) atoms. The van der Waals surface area contributed by atoms with E-state index in [-0.39, 0.29) is 18.4 Å². The lowest BCUT2D eigenvalue weighted by Crippen LogP contribution is -2.49. The van der Waals surface area contributed by atoms with Gasteiger partial charge in [0.25, 0.3) is 5.91 Å². The van der Waals surface area contributed by atoms with Crippen LogP contribution in [0, 0.1) is 0 Å². The fourth-order valence-electron chi connectivity index (χ4n) is 6.81. The molecule has 0 radical (unpaired) electrons. The van der Waals surface area contributed by atoms with E-state index in [4.69, 9.17) is 29.0 Å². The Bertz CT molecular complexity index is 1860. The van der Waals surface area contributed by atoms with Crippen LogP contribution in [0.15, 0.2) is 36.7 Å². The standard InChI is InChI=1S/C37H49N9O6/c1-6-28-34(30(7-2)46(42-28)18-19-52-21-20-49-3)40-36(48)27-12-13-45-31(27)11-8-25-23-38-37(41-35(25)45)39-29-10-9-26(22-32(29)51-5)43-14-16-44(17-15-43)33(47)24-50-4/h9-10,12-13,22-23H,6-8,11,14-21,24H2,1-5H3,(H,40,48)(H,38,39,41). The molecule has 0 aliphatic carbocycles. The Hall–Kier alpha value is -4.99. The van der Waals surface area contributed by atoms with E-state index in [0.29, 0.717) is 89.1 Å². The summed E-state index contributed by atoms with van der Waals surface area (Å²) in [5, 5.41) is 11.3. The molecular weight excluding hydrogens is 666 g/mol. The predicted octanol–water partition coefficient (Wildman–Crippen LogP) is 3.65. The summed E-state index contributed by atoms with van der Waals surface area (Å²) in [5.74, 6) is 1.64. The number of aryl methyl sites for hydroxylation is 2. The zero-order chi connectivity index (χ0) is 36.6. The van der Waals surface area contributed by atoms with Crippen molar-refractivity contribution < 1.29 is 28.5 Å². The maximum absolute atomic E-state index is 13.8. The third-order valence-corrected chi connectivity index (χ3v) is 9.55. The van der Waals surface area contributed by atoms with Crippen LogP contribution < -0.4 is 20.3 Å². The van der Waals surface area contributed by atoms with E-state index < -0.39 is 0 Å². The van der Waals surface area contributed by atoms with E-state index in [2.05, 4.69) is 27.4 Å². The highest BCUT2D eigenvalue weighted by atomic mass is 16.5. The van der Waals surface area contributed by atoms with Gasteiger partial charge in [0.15, 0.2) is 0 Å². The van der Waals surface area contributed by atoms with Crippen molar-refractivity contribution >= 4 is 34.8 Å². The molecule has 15 heteroatoms. The van der Waals surface area contributed by atoms with Gasteiger partial charge in [0.1, 0.15) is 18.2 Å². The minimum atomic E-state index is -0.169. The van der Waals surface area contributed by atoms with Gasteiger partial charge in [-0.15, -0.1) is 0 Å². The second kappa shape index (κ2) is 17.0. The van der Waals surface area contributed by atoms with E-state index in [1.165, 1.54) is 7.11 Å². The van der Waals surface area contributed by atoms with Gasteiger partial charge >= 0.3 is 0 Å². The zero-order valence-corrected chi connectivity index (χ0v) is 30.7. The lowest BCUT2D eigenvalue weighted by molar-refractivity contribution is -0.135. The maximum atomic E-state index is 13.8. The number of carbonyl (C=O) groups is 2. The second-order valence-corrected chi connectivity index (χ2v) is 12.7. The van der Waals surface area contributed by atoms with Gasteiger partial charge in [0.05, 0.1) is 61.8 Å². The van der Waals surface area contributed by atoms with Gasteiger partial charge in [0.2, 0.25) is 11.9 Å². The Morgan fingerprint density at radius 1 is 0.942 bits per heavy atom. The van der Waals surface area contributed by atoms with Crippen LogP contribution in [-0.4, -0.2) is 115 Å². The number of hydrogen-bond donors (Lipinski definition) is 2. The predicted molar refractivity (Wildman–Crippen MR) is 197 cm³/mol. The first-order chi connectivity index (χ1) is 25.4. The van der Waals surface area contributed by atoms with Gasteiger partial charge in [-0.1, -0.05) is 13.8 Å². The summed E-state index contributed by atoms with van der Waals surface area (Å²) in [6.45, 7) is 9.07. The molecule has 0 spiro atoms. The van der Waals surface area contributed by atoms with E-state index >= 15 is 0 Å². The average molecular weight is 716 g/mol. The van der Waals surface area contributed by atoms with Crippen molar-refractivity contribution in [3.8, 4) is 11.6 Å². The van der Waals surface area contributed by atoms with Crippen molar-refractivity contribution in [3.05, 3.63) is 64.9 Å². The first kappa shape index (κ1) is 36.8. The van der Waals surface area contributed by atoms with Crippen LogP contribution in [0.1, 0.15) is 46.9 Å². The minimum absolute atomic E-state index is 0.00659. The fourth-order valence-corrected chi connectivity index (χ4v) is 6.81. The van der Waals surface area contributed by atoms with Crippen molar-refractivity contribution in [1.82, 2.24) is 29.2 Å². The number of ether oxygens (including phenoxy) is 4. The molecule has 6 rings (SSSR count). The molecule has 0 unspecified atom stereocenters. The monoisotopic (exact) mass is 715 g/mol. The highest BCUT2D eigenvalue weighted by Crippen LogP contribution is 2.33. The van der Waals surface area contributed by atoms with Crippen LogP contribution in [-0.2, 0) is 51.2 Å². The Morgan fingerprint density at radius 3 is 2.50 bits per heavy atom. The van der Waals surface area contributed by atoms with Gasteiger partial charge in [0, 0.05) is 75.8 Å².